The topological polar surface area (TPSA) is 86.7 Å². The molecule has 0 spiro atoms. The van der Waals surface area contributed by atoms with Crippen molar-refractivity contribution in [3.05, 3.63) is 37.1 Å². The Morgan fingerprint density at radius 1 is 1.14 bits per heavy atom. The second kappa shape index (κ2) is 7.01. The van der Waals surface area contributed by atoms with E-state index >= 15 is 0 Å². The van der Waals surface area contributed by atoms with E-state index in [-0.39, 0.29) is 29.6 Å². The van der Waals surface area contributed by atoms with Gasteiger partial charge in [-0.05, 0) is 12.1 Å². The second-order valence-electron chi connectivity index (χ2n) is 3.18. The number of rotatable bonds is 5. The number of benzene rings is 1. The monoisotopic (exact) mass is 356 g/mol. The van der Waals surface area contributed by atoms with Gasteiger partial charge in [-0.1, -0.05) is 12.6 Å². The molecule has 0 aromatic heterocycles. The minimum absolute atomic E-state index is 0. The van der Waals surface area contributed by atoms with Crippen molar-refractivity contribution >= 4 is 49.8 Å². The third-order valence-electron chi connectivity index (χ3n) is 1.78. The summed E-state index contributed by atoms with van der Waals surface area (Å²) in [5, 5.41) is 0. The summed E-state index contributed by atoms with van der Waals surface area (Å²) in [4.78, 5) is -0.590. The van der Waals surface area contributed by atoms with Gasteiger partial charge in [0, 0.05) is 6.07 Å². The summed E-state index contributed by atoms with van der Waals surface area (Å²) in [6.45, 7) is 3.01. The molecule has 0 aliphatic carbocycles. The van der Waals surface area contributed by atoms with Crippen molar-refractivity contribution in [2.75, 3.05) is 0 Å². The molecule has 0 N–H and O–H groups in total. The Balaban J connectivity index is 0.00000400. The molecule has 114 valence electrons. The molecular formula is C9H8F3NaO6S2. The van der Waals surface area contributed by atoms with Crippen molar-refractivity contribution in [1.29, 1.82) is 0 Å². The number of hydrogen-bond donors (Lipinski definition) is 0. The third-order valence-corrected chi connectivity index (χ3v) is 3.98. The number of hydrogen-bond acceptors (Lipinski definition) is 6. The van der Waals surface area contributed by atoms with Crippen molar-refractivity contribution < 1.29 is 38.4 Å². The van der Waals surface area contributed by atoms with Crippen LogP contribution in [0.3, 0.4) is 0 Å². The minimum atomic E-state index is -5.88. The van der Waals surface area contributed by atoms with Crippen molar-refractivity contribution in [2.24, 2.45) is 0 Å². The van der Waals surface area contributed by atoms with Gasteiger partial charge in [0.15, 0.2) is 0 Å². The Hall–Kier alpha value is -0.750. The van der Waals surface area contributed by atoms with Crippen LogP contribution in [0.4, 0.5) is 13.2 Å². The molecule has 6 nitrogen and oxygen atoms in total. The van der Waals surface area contributed by atoms with Gasteiger partial charge in [0.25, 0.3) is 0 Å². The van der Waals surface area contributed by atoms with Gasteiger partial charge in [0.2, 0.25) is 0 Å². The second-order valence-corrected chi connectivity index (χ2v) is 6.29. The third kappa shape index (κ3) is 5.18. The Morgan fingerprint density at radius 3 is 2.19 bits per heavy atom. The van der Waals surface area contributed by atoms with E-state index in [0.717, 1.165) is 18.2 Å². The molecule has 0 radical (unpaired) electrons. The molecular weight excluding hydrogens is 348 g/mol. The molecule has 1 aromatic carbocycles. The van der Waals surface area contributed by atoms with Crippen molar-refractivity contribution in [2.45, 2.75) is 10.4 Å². The molecule has 0 unspecified atom stereocenters. The van der Waals surface area contributed by atoms with Gasteiger partial charge in [-0.15, -0.1) is 0 Å². The standard InChI is InChI=1S/C9H7F3O6S2.Na.H/c1-2-17-19(13,14)8-5-3-4-7(6-8)18-20(15,16)9(10,11)12;;/h2-6H,1H2;;. The summed E-state index contributed by atoms with van der Waals surface area (Å²) >= 11 is 0. The van der Waals surface area contributed by atoms with E-state index in [2.05, 4.69) is 14.9 Å². The van der Waals surface area contributed by atoms with Crippen molar-refractivity contribution in [1.82, 2.24) is 0 Å². The first-order valence-electron chi connectivity index (χ1n) is 4.64. The van der Waals surface area contributed by atoms with Crippen LogP contribution in [0.1, 0.15) is 0 Å². The zero-order valence-electron chi connectivity index (χ0n) is 9.49. The average Bonchev–Trinajstić information content (AvgIpc) is 2.27. The van der Waals surface area contributed by atoms with Crippen LogP contribution in [0.15, 0.2) is 42.0 Å². The van der Waals surface area contributed by atoms with E-state index in [4.69, 9.17) is 0 Å². The quantitative estimate of drug-likeness (QED) is 0.340. The summed E-state index contributed by atoms with van der Waals surface area (Å²) in [7, 11) is -10.2. The number of alkyl halides is 3. The summed E-state index contributed by atoms with van der Waals surface area (Å²) in [6, 6.07) is 3.38. The van der Waals surface area contributed by atoms with Crippen LogP contribution in [-0.4, -0.2) is 51.9 Å². The molecule has 21 heavy (non-hydrogen) atoms. The summed E-state index contributed by atoms with van der Waals surface area (Å²) < 4.78 is 88.7. The molecule has 0 aliphatic rings. The molecule has 0 atom stereocenters. The summed E-state index contributed by atoms with van der Waals surface area (Å²) in [6.07, 6.45) is 0.593. The molecule has 0 aliphatic heterocycles. The SMILES string of the molecule is C=COS(=O)(=O)c1cccc(OS(=O)(=O)C(F)(F)F)c1.[NaH]. The Labute approximate surface area is 141 Å². The van der Waals surface area contributed by atoms with Gasteiger partial charge in [0.1, 0.15) is 10.6 Å². The van der Waals surface area contributed by atoms with E-state index in [9.17, 15) is 30.0 Å². The number of halogens is 3. The maximum absolute atomic E-state index is 12.1. The van der Waals surface area contributed by atoms with Crippen LogP contribution in [0, 0.1) is 0 Å². The molecule has 12 heteroatoms. The van der Waals surface area contributed by atoms with Crippen LogP contribution in [0.5, 0.6) is 5.75 Å². The fourth-order valence-electron chi connectivity index (χ4n) is 1.00. The van der Waals surface area contributed by atoms with Crippen LogP contribution in [0.25, 0.3) is 0 Å². The van der Waals surface area contributed by atoms with Crippen LogP contribution < -0.4 is 4.18 Å². The molecule has 0 saturated heterocycles. The van der Waals surface area contributed by atoms with Gasteiger partial charge in [0.05, 0.1) is 6.26 Å². The molecule has 0 saturated carbocycles. The molecule has 0 fully saturated rings. The zero-order valence-corrected chi connectivity index (χ0v) is 11.1. The first-order valence-corrected chi connectivity index (χ1v) is 7.46. The Bertz CT molecular complexity index is 711. The van der Waals surface area contributed by atoms with Crippen LogP contribution in [-0.2, 0) is 24.4 Å². The Kier molecular flexibility index (Phi) is 6.76. The van der Waals surface area contributed by atoms with Gasteiger partial charge in [-0.25, -0.2) is 0 Å². The van der Waals surface area contributed by atoms with Crippen molar-refractivity contribution in [3.63, 3.8) is 0 Å². The first kappa shape index (κ1) is 20.2. The summed E-state index contributed by atoms with van der Waals surface area (Å²) in [5.41, 5.74) is -5.63. The van der Waals surface area contributed by atoms with E-state index in [1.165, 1.54) is 0 Å². The first-order chi connectivity index (χ1) is 8.99. The van der Waals surface area contributed by atoms with Gasteiger partial charge in [-0.3, -0.25) is 0 Å². The van der Waals surface area contributed by atoms with Gasteiger partial charge < -0.3 is 8.37 Å². The average molecular weight is 356 g/mol. The van der Waals surface area contributed by atoms with E-state index in [1.54, 1.807) is 0 Å². The molecule has 0 bridgehead atoms. The predicted octanol–water partition coefficient (Wildman–Crippen LogP) is 1.12. The zero-order chi connectivity index (χ0) is 15.6. The van der Waals surface area contributed by atoms with E-state index in [1.807, 2.05) is 0 Å². The summed E-state index contributed by atoms with van der Waals surface area (Å²) in [5.74, 6) is -0.823. The van der Waals surface area contributed by atoms with Crippen LogP contribution >= 0.6 is 0 Å². The van der Waals surface area contributed by atoms with E-state index in [0.29, 0.717) is 12.3 Å². The van der Waals surface area contributed by atoms with Gasteiger partial charge >= 0.3 is 55.3 Å². The fourth-order valence-corrected chi connectivity index (χ4v) is 2.25. The molecule has 1 aromatic rings. The normalized spacial score (nSPS) is 12.1. The van der Waals surface area contributed by atoms with Crippen molar-refractivity contribution in [3.8, 4) is 5.75 Å². The van der Waals surface area contributed by atoms with Crippen LogP contribution in [0.2, 0.25) is 0 Å². The maximum atomic E-state index is 12.1. The Morgan fingerprint density at radius 2 is 1.71 bits per heavy atom. The fraction of sp³-hybridized carbons (Fsp3) is 0.111. The molecule has 1 rings (SSSR count). The molecule has 0 amide bonds. The predicted molar refractivity (Wildman–Crippen MR) is 67.7 cm³/mol. The van der Waals surface area contributed by atoms with E-state index < -0.39 is 36.4 Å². The molecule has 0 heterocycles. The van der Waals surface area contributed by atoms with Gasteiger partial charge in [-0.2, -0.15) is 30.0 Å².